The first-order chi connectivity index (χ1) is 12.6. The second kappa shape index (κ2) is 7.01. The summed E-state index contributed by atoms with van der Waals surface area (Å²) in [5.41, 5.74) is 0.650. The maximum absolute atomic E-state index is 12.6. The van der Waals surface area contributed by atoms with Crippen LogP contribution in [0.2, 0.25) is 0 Å². The SMILES string of the molecule is Cc1cc2c(N[C@H]3CCN(C(=O)c4ccccc4)C[C@@H]3O)ncnc2s1. The molecule has 3 heterocycles. The van der Waals surface area contributed by atoms with Gasteiger partial charge in [-0.2, -0.15) is 0 Å². The number of aromatic nitrogens is 2. The number of carbonyl (C=O) groups excluding carboxylic acids is 1. The molecular formula is C19H20N4O2S. The van der Waals surface area contributed by atoms with E-state index in [9.17, 15) is 9.90 Å². The highest BCUT2D eigenvalue weighted by molar-refractivity contribution is 7.18. The van der Waals surface area contributed by atoms with Crippen LogP contribution in [0, 0.1) is 6.92 Å². The van der Waals surface area contributed by atoms with Crippen LogP contribution in [0.25, 0.3) is 10.2 Å². The number of carbonyl (C=O) groups is 1. The molecule has 2 N–H and O–H groups in total. The van der Waals surface area contributed by atoms with Crippen molar-refractivity contribution >= 4 is 33.3 Å². The van der Waals surface area contributed by atoms with Gasteiger partial charge in [0.15, 0.2) is 0 Å². The Labute approximate surface area is 155 Å². The predicted octanol–water partition coefficient (Wildman–Crippen LogP) is 2.69. The summed E-state index contributed by atoms with van der Waals surface area (Å²) < 4.78 is 0. The molecule has 0 saturated carbocycles. The molecule has 1 amide bonds. The van der Waals surface area contributed by atoms with Crippen LogP contribution in [0.15, 0.2) is 42.7 Å². The van der Waals surface area contributed by atoms with E-state index in [0.29, 0.717) is 25.1 Å². The molecule has 1 aliphatic heterocycles. The fraction of sp³-hybridized carbons (Fsp3) is 0.316. The molecule has 0 aliphatic carbocycles. The molecule has 1 aromatic carbocycles. The molecule has 0 radical (unpaired) electrons. The fourth-order valence-electron chi connectivity index (χ4n) is 3.31. The summed E-state index contributed by atoms with van der Waals surface area (Å²) in [6, 6.07) is 11.1. The number of nitrogens with one attached hydrogen (secondary N) is 1. The van der Waals surface area contributed by atoms with E-state index in [2.05, 4.69) is 21.4 Å². The summed E-state index contributed by atoms with van der Waals surface area (Å²) in [7, 11) is 0. The highest BCUT2D eigenvalue weighted by Gasteiger charge is 2.31. The normalized spacial score (nSPS) is 20.3. The third-order valence-electron chi connectivity index (χ3n) is 4.66. The number of aryl methyl sites for hydroxylation is 1. The number of hydrogen-bond acceptors (Lipinski definition) is 6. The average molecular weight is 368 g/mol. The number of β-amino-alcohol motifs (C(OH)–C–C–N with tert-alkyl or cyclic N) is 1. The highest BCUT2D eigenvalue weighted by Crippen LogP contribution is 2.29. The second-order valence-corrected chi connectivity index (χ2v) is 7.76. The molecule has 7 heteroatoms. The smallest absolute Gasteiger partial charge is 0.253 e. The molecular weight excluding hydrogens is 348 g/mol. The van der Waals surface area contributed by atoms with Gasteiger partial charge in [-0.05, 0) is 31.5 Å². The lowest BCUT2D eigenvalue weighted by Gasteiger charge is -2.36. The lowest BCUT2D eigenvalue weighted by molar-refractivity contribution is 0.0426. The van der Waals surface area contributed by atoms with E-state index in [1.54, 1.807) is 34.7 Å². The first-order valence-electron chi connectivity index (χ1n) is 8.62. The fourth-order valence-corrected chi connectivity index (χ4v) is 4.16. The average Bonchev–Trinajstić information content (AvgIpc) is 3.04. The van der Waals surface area contributed by atoms with Gasteiger partial charge in [0.25, 0.3) is 5.91 Å². The topological polar surface area (TPSA) is 78.4 Å². The van der Waals surface area contributed by atoms with Crippen molar-refractivity contribution in [2.45, 2.75) is 25.5 Å². The molecule has 2 atom stereocenters. The van der Waals surface area contributed by atoms with Gasteiger partial charge in [0.1, 0.15) is 17.0 Å². The number of amides is 1. The third kappa shape index (κ3) is 3.27. The van der Waals surface area contributed by atoms with Crippen LogP contribution in [-0.2, 0) is 0 Å². The second-order valence-electron chi connectivity index (χ2n) is 6.52. The van der Waals surface area contributed by atoms with Crippen molar-refractivity contribution < 1.29 is 9.90 Å². The Kier molecular flexibility index (Phi) is 4.57. The number of rotatable bonds is 3. The number of thiophene rings is 1. The maximum Gasteiger partial charge on any atom is 0.253 e. The lowest BCUT2D eigenvalue weighted by atomic mass is 10.0. The number of piperidine rings is 1. The summed E-state index contributed by atoms with van der Waals surface area (Å²) in [6.07, 6.45) is 1.55. The number of nitrogens with zero attached hydrogens (tertiary/aromatic N) is 3. The molecule has 1 aliphatic rings. The Morgan fingerprint density at radius 3 is 2.88 bits per heavy atom. The van der Waals surface area contributed by atoms with Gasteiger partial charge >= 0.3 is 0 Å². The van der Waals surface area contributed by atoms with Crippen LogP contribution in [-0.4, -0.2) is 51.1 Å². The van der Waals surface area contributed by atoms with Crippen molar-refractivity contribution in [2.24, 2.45) is 0 Å². The van der Waals surface area contributed by atoms with Crippen molar-refractivity contribution in [3.05, 3.63) is 53.2 Å². The first kappa shape index (κ1) is 16.9. The van der Waals surface area contributed by atoms with Gasteiger partial charge in [-0.25, -0.2) is 9.97 Å². The Balaban J connectivity index is 1.46. The monoisotopic (exact) mass is 368 g/mol. The number of hydrogen-bond donors (Lipinski definition) is 2. The molecule has 0 bridgehead atoms. The Hall–Kier alpha value is -2.51. The van der Waals surface area contributed by atoms with Gasteiger partial charge in [-0.3, -0.25) is 4.79 Å². The maximum atomic E-state index is 12.6. The summed E-state index contributed by atoms with van der Waals surface area (Å²) >= 11 is 1.62. The van der Waals surface area contributed by atoms with Crippen molar-refractivity contribution in [3.8, 4) is 0 Å². The van der Waals surface area contributed by atoms with E-state index >= 15 is 0 Å². The van der Waals surface area contributed by atoms with E-state index in [4.69, 9.17) is 0 Å². The van der Waals surface area contributed by atoms with E-state index in [0.717, 1.165) is 16.0 Å². The number of aliphatic hydroxyl groups excluding tert-OH is 1. The molecule has 0 spiro atoms. The molecule has 1 fully saturated rings. The molecule has 3 aromatic rings. The standard InChI is InChI=1S/C19H20N4O2S/c1-12-9-14-17(20-11-21-18(14)26-12)22-15-7-8-23(10-16(15)24)19(25)13-5-3-2-4-6-13/h2-6,9,11,15-16,24H,7-8,10H2,1H3,(H,20,21,22)/t15-,16-/m0/s1. The molecule has 26 heavy (non-hydrogen) atoms. The Morgan fingerprint density at radius 1 is 1.31 bits per heavy atom. The summed E-state index contributed by atoms with van der Waals surface area (Å²) in [6.45, 7) is 2.94. The van der Waals surface area contributed by atoms with Gasteiger partial charge < -0.3 is 15.3 Å². The first-order valence-corrected chi connectivity index (χ1v) is 9.43. The molecule has 1 saturated heterocycles. The van der Waals surface area contributed by atoms with Crippen molar-refractivity contribution in [3.63, 3.8) is 0 Å². The van der Waals surface area contributed by atoms with Crippen LogP contribution < -0.4 is 5.32 Å². The van der Waals surface area contributed by atoms with Gasteiger partial charge in [0.05, 0.1) is 17.5 Å². The summed E-state index contributed by atoms with van der Waals surface area (Å²) in [4.78, 5) is 25.0. The Morgan fingerprint density at radius 2 is 2.12 bits per heavy atom. The zero-order valence-electron chi connectivity index (χ0n) is 14.4. The van der Waals surface area contributed by atoms with E-state index < -0.39 is 6.10 Å². The quantitative estimate of drug-likeness (QED) is 0.743. The van der Waals surface area contributed by atoms with Crippen LogP contribution in [0.4, 0.5) is 5.82 Å². The number of fused-ring (bicyclic) bond motifs is 1. The molecule has 2 aromatic heterocycles. The van der Waals surface area contributed by atoms with Crippen molar-refractivity contribution in [1.29, 1.82) is 0 Å². The van der Waals surface area contributed by atoms with Crippen molar-refractivity contribution in [1.82, 2.24) is 14.9 Å². The minimum Gasteiger partial charge on any atom is -0.389 e. The number of anilines is 1. The Bertz CT molecular complexity index is 928. The molecule has 0 unspecified atom stereocenters. The minimum absolute atomic E-state index is 0.0408. The lowest BCUT2D eigenvalue weighted by Crippen LogP contribution is -2.51. The zero-order valence-corrected chi connectivity index (χ0v) is 15.2. The van der Waals surface area contributed by atoms with Gasteiger partial charge in [-0.1, -0.05) is 18.2 Å². The summed E-state index contributed by atoms with van der Waals surface area (Å²) in [5.74, 6) is 0.701. The van der Waals surface area contributed by atoms with Gasteiger partial charge in [-0.15, -0.1) is 11.3 Å². The van der Waals surface area contributed by atoms with Crippen LogP contribution >= 0.6 is 11.3 Å². The highest BCUT2D eigenvalue weighted by atomic mass is 32.1. The van der Waals surface area contributed by atoms with Gasteiger partial charge in [0.2, 0.25) is 0 Å². The number of benzene rings is 1. The largest absolute Gasteiger partial charge is 0.389 e. The van der Waals surface area contributed by atoms with Crippen LogP contribution in [0.5, 0.6) is 0 Å². The van der Waals surface area contributed by atoms with Gasteiger partial charge in [0, 0.05) is 23.5 Å². The number of aliphatic hydroxyl groups is 1. The van der Waals surface area contributed by atoms with E-state index in [1.807, 2.05) is 25.1 Å². The van der Waals surface area contributed by atoms with Crippen LogP contribution in [0.3, 0.4) is 0 Å². The minimum atomic E-state index is -0.652. The van der Waals surface area contributed by atoms with Crippen molar-refractivity contribution in [2.75, 3.05) is 18.4 Å². The van der Waals surface area contributed by atoms with E-state index in [1.165, 1.54) is 4.88 Å². The predicted molar refractivity (Wildman–Crippen MR) is 103 cm³/mol. The van der Waals surface area contributed by atoms with Crippen LogP contribution in [0.1, 0.15) is 21.7 Å². The molecule has 4 rings (SSSR count). The van der Waals surface area contributed by atoms with E-state index in [-0.39, 0.29) is 11.9 Å². The third-order valence-corrected chi connectivity index (χ3v) is 5.62. The number of likely N-dealkylation sites (tertiary alicyclic amines) is 1. The summed E-state index contributed by atoms with van der Waals surface area (Å²) in [5, 5.41) is 14.9. The zero-order chi connectivity index (χ0) is 18.1. The molecule has 134 valence electrons. The molecule has 6 nitrogen and oxygen atoms in total.